The fourth-order valence-corrected chi connectivity index (χ4v) is 9.25. The molecule has 0 aromatic heterocycles. The Bertz CT molecular complexity index is 1630. The smallest absolute Gasteiger partial charge is 0.306 e. The van der Waals surface area contributed by atoms with Crippen LogP contribution in [0.3, 0.4) is 0 Å². The standard InChI is InChI=1S/C23H34N2O6.C21H31N3O6/c1-14(2)9-16(11-21(27)31-20-13-30-23-18(20)7-8-29-23)22(28)25-17(12-24)10-15-5-3-4-6-19(15)26;1-12(2)7-14(9-18(25)30-17-11-29-21-16(17)4-6-28-21)20(27)24-15(10-22)8-13-3-5-23-19(13)26/h14-18,20,23H,3-11,13H2,1-2H3,(H,25,28);12-17,21H,3-9,11H2,1-2H3,(H,23,26)(H,24,27)/t15-,16+,17-,18-,20-,23+;13-,14+,15-,16-,17-,21+/m00/s1. The molecule has 6 rings (SSSR count). The van der Waals surface area contributed by atoms with E-state index < -0.39 is 35.9 Å². The third-order valence-electron chi connectivity index (χ3n) is 12.4. The maximum absolute atomic E-state index is 12.9. The Kier molecular flexibility index (Phi) is 18.3. The molecule has 5 saturated heterocycles. The molecule has 6 fully saturated rings. The molecule has 61 heavy (non-hydrogen) atoms. The van der Waals surface area contributed by atoms with Gasteiger partial charge in [0.05, 0.1) is 63.2 Å². The van der Waals surface area contributed by atoms with Crippen LogP contribution in [0.2, 0.25) is 0 Å². The van der Waals surface area contributed by atoms with E-state index in [9.17, 15) is 39.3 Å². The molecule has 0 spiro atoms. The van der Waals surface area contributed by atoms with Gasteiger partial charge in [0.15, 0.2) is 12.6 Å². The van der Waals surface area contributed by atoms with Crippen LogP contribution in [0.4, 0.5) is 0 Å². The minimum absolute atomic E-state index is 0.0424. The molecule has 0 aromatic carbocycles. The first-order valence-electron chi connectivity index (χ1n) is 22.3. The van der Waals surface area contributed by atoms with E-state index in [1.54, 1.807) is 0 Å². The second-order valence-electron chi connectivity index (χ2n) is 18.2. The molecule has 0 aromatic rings. The zero-order valence-corrected chi connectivity index (χ0v) is 36.1. The van der Waals surface area contributed by atoms with Gasteiger partial charge in [-0.15, -0.1) is 0 Å². The number of fused-ring (bicyclic) bond motifs is 2. The lowest BCUT2D eigenvalue weighted by Crippen LogP contribution is -2.41. The summed E-state index contributed by atoms with van der Waals surface area (Å²) in [7, 11) is 0. The van der Waals surface area contributed by atoms with Crippen molar-refractivity contribution in [1.29, 1.82) is 10.5 Å². The monoisotopic (exact) mass is 855 g/mol. The van der Waals surface area contributed by atoms with Crippen LogP contribution in [0, 0.1) is 70.0 Å². The van der Waals surface area contributed by atoms with Crippen molar-refractivity contribution in [3.8, 4) is 12.1 Å². The Morgan fingerprint density at radius 1 is 0.705 bits per heavy atom. The number of hydrogen-bond donors (Lipinski definition) is 3. The number of amides is 3. The van der Waals surface area contributed by atoms with Crippen molar-refractivity contribution in [2.45, 2.75) is 148 Å². The summed E-state index contributed by atoms with van der Waals surface area (Å²) in [4.78, 5) is 74.8. The van der Waals surface area contributed by atoms with Gasteiger partial charge in [-0.1, -0.05) is 34.1 Å². The molecule has 338 valence electrons. The Hall–Kier alpha value is -4.16. The van der Waals surface area contributed by atoms with Gasteiger partial charge in [0.25, 0.3) is 0 Å². The number of esters is 2. The van der Waals surface area contributed by atoms with Gasteiger partial charge in [-0.05, 0) is 69.6 Å². The number of nitrogens with one attached hydrogen (secondary N) is 3. The van der Waals surface area contributed by atoms with Crippen molar-refractivity contribution >= 4 is 35.4 Å². The lowest BCUT2D eigenvalue weighted by molar-refractivity contribution is -0.154. The number of rotatable bonds is 18. The van der Waals surface area contributed by atoms with E-state index in [2.05, 4.69) is 28.1 Å². The summed E-state index contributed by atoms with van der Waals surface area (Å²) in [6, 6.07) is 2.68. The third-order valence-corrected chi connectivity index (χ3v) is 12.4. The molecule has 17 heteroatoms. The van der Waals surface area contributed by atoms with Crippen LogP contribution in [-0.2, 0) is 57.2 Å². The van der Waals surface area contributed by atoms with Gasteiger partial charge in [0.1, 0.15) is 30.1 Å². The first-order valence-corrected chi connectivity index (χ1v) is 22.3. The summed E-state index contributed by atoms with van der Waals surface area (Å²) in [5.74, 6) is -2.58. The molecular weight excluding hydrogens is 791 g/mol. The van der Waals surface area contributed by atoms with Crippen molar-refractivity contribution in [2.75, 3.05) is 33.0 Å². The van der Waals surface area contributed by atoms with Crippen LogP contribution in [0.25, 0.3) is 0 Å². The zero-order valence-electron chi connectivity index (χ0n) is 36.1. The van der Waals surface area contributed by atoms with E-state index in [4.69, 9.17) is 28.4 Å². The molecule has 5 aliphatic heterocycles. The van der Waals surface area contributed by atoms with Crippen molar-refractivity contribution < 1.29 is 57.2 Å². The topological polar surface area (TPSA) is 241 Å². The average Bonchev–Trinajstić information content (AvgIpc) is 4.06. The van der Waals surface area contributed by atoms with Crippen LogP contribution >= 0.6 is 0 Å². The molecule has 17 nitrogen and oxygen atoms in total. The quantitative estimate of drug-likeness (QED) is 0.168. The average molecular weight is 856 g/mol. The van der Waals surface area contributed by atoms with E-state index in [1.165, 1.54) is 0 Å². The highest BCUT2D eigenvalue weighted by Crippen LogP contribution is 2.35. The van der Waals surface area contributed by atoms with Crippen molar-refractivity contribution in [2.24, 2.45) is 47.3 Å². The predicted molar refractivity (Wildman–Crippen MR) is 215 cm³/mol. The minimum atomic E-state index is -0.767. The fourth-order valence-electron chi connectivity index (χ4n) is 9.25. The van der Waals surface area contributed by atoms with Gasteiger partial charge < -0.3 is 44.4 Å². The molecule has 12 atom stereocenters. The minimum Gasteiger partial charge on any atom is -0.459 e. The maximum atomic E-state index is 12.9. The number of hydrogen-bond acceptors (Lipinski definition) is 14. The van der Waals surface area contributed by atoms with E-state index in [0.29, 0.717) is 65.1 Å². The fraction of sp³-hybridized carbons (Fsp3) is 0.818. The third kappa shape index (κ3) is 14.2. The number of ketones is 1. The molecular formula is C44H65N5O12. The molecule has 6 aliphatic rings. The van der Waals surface area contributed by atoms with Gasteiger partial charge in [0, 0.05) is 36.6 Å². The molecule has 0 unspecified atom stereocenters. The Morgan fingerprint density at radius 2 is 1.20 bits per heavy atom. The van der Waals surface area contributed by atoms with E-state index >= 15 is 0 Å². The molecule has 3 N–H and O–H groups in total. The van der Waals surface area contributed by atoms with Crippen LogP contribution in [-0.4, -0.2) is 105 Å². The van der Waals surface area contributed by atoms with E-state index in [1.807, 2.05) is 27.7 Å². The lowest BCUT2D eigenvalue weighted by Gasteiger charge is -2.25. The lowest BCUT2D eigenvalue weighted by atomic mass is 9.83. The van der Waals surface area contributed by atoms with Gasteiger partial charge >= 0.3 is 11.9 Å². The van der Waals surface area contributed by atoms with Crippen molar-refractivity contribution in [3.63, 3.8) is 0 Å². The number of Topliss-reactive ketones (excluding diaryl/α,β-unsaturated/α-hetero) is 1. The van der Waals surface area contributed by atoms with Crippen LogP contribution < -0.4 is 16.0 Å². The van der Waals surface area contributed by atoms with Crippen LogP contribution in [0.5, 0.6) is 0 Å². The summed E-state index contributed by atoms with van der Waals surface area (Å²) < 4.78 is 33.1. The largest absolute Gasteiger partial charge is 0.459 e. The zero-order chi connectivity index (χ0) is 44.1. The molecule has 0 radical (unpaired) electrons. The second kappa shape index (κ2) is 23.3. The van der Waals surface area contributed by atoms with Gasteiger partial charge in [0.2, 0.25) is 17.7 Å². The number of ether oxygens (including phenoxy) is 6. The number of carbonyl (C=O) groups is 6. The van der Waals surface area contributed by atoms with Gasteiger partial charge in [-0.3, -0.25) is 28.8 Å². The SMILES string of the molecule is CC(C)C[C@H](CC(=O)O[C@H]1CO[C@H]2OCC[C@H]21)C(=O)N[C@H](C#N)C[C@@H]1CCCCC1=O.CC(C)C[C@H](CC(=O)O[C@H]1CO[C@H]2OCC[C@H]21)C(=O)N[C@H](C#N)C[C@@H]1CCNC1=O. The molecule has 3 amide bonds. The predicted octanol–water partition coefficient (Wildman–Crippen LogP) is 3.38. The molecule has 5 heterocycles. The molecule has 0 bridgehead atoms. The molecule has 1 aliphatic carbocycles. The summed E-state index contributed by atoms with van der Waals surface area (Å²) in [6.45, 7) is 10.3. The number of nitriles is 2. The second-order valence-corrected chi connectivity index (χ2v) is 18.2. The highest BCUT2D eigenvalue weighted by Gasteiger charge is 2.45. The Labute approximate surface area is 358 Å². The normalized spacial score (nSPS) is 29.8. The number of carbonyl (C=O) groups excluding carboxylic acids is 6. The summed E-state index contributed by atoms with van der Waals surface area (Å²) >= 11 is 0. The van der Waals surface area contributed by atoms with E-state index in [-0.39, 0.29) is 103 Å². The van der Waals surface area contributed by atoms with Gasteiger partial charge in [-0.25, -0.2) is 0 Å². The summed E-state index contributed by atoms with van der Waals surface area (Å²) in [6.07, 6.45) is 5.67. The highest BCUT2D eigenvalue weighted by molar-refractivity contribution is 5.86. The van der Waals surface area contributed by atoms with E-state index in [0.717, 1.165) is 32.1 Å². The molecule has 1 saturated carbocycles. The van der Waals surface area contributed by atoms with Crippen LogP contribution in [0.15, 0.2) is 0 Å². The highest BCUT2D eigenvalue weighted by atomic mass is 16.7. The first-order chi connectivity index (χ1) is 29.2. The summed E-state index contributed by atoms with van der Waals surface area (Å²) in [5, 5.41) is 27.2. The van der Waals surface area contributed by atoms with Crippen LogP contribution in [0.1, 0.15) is 111 Å². The van der Waals surface area contributed by atoms with Crippen molar-refractivity contribution in [3.05, 3.63) is 0 Å². The first kappa shape index (κ1) is 47.9. The Morgan fingerprint density at radius 3 is 1.62 bits per heavy atom. The summed E-state index contributed by atoms with van der Waals surface area (Å²) in [5.41, 5.74) is 0. The van der Waals surface area contributed by atoms with Crippen molar-refractivity contribution in [1.82, 2.24) is 16.0 Å². The Balaban J connectivity index is 0.000000231. The maximum Gasteiger partial charge on any atom is 0.306 e. The number of nitrogens with zero attached hydrogens (tertiary/aromatic N) is 2. The van der Waals surface area contributed by atoms with Gasteiger partial charge in [-0.2, -0.15) is 10.5 Å².